The van der Waals surface area contributed by atoms with Crippen molar-refractivity contribution in [2.45, 2.75) is 26.7 Å². The highest BCUT2D eigenvalue weighted by molar-refractivity contribution is 7.81. The first-order valence-electron chi connectivity index (χ1n) is 7.77. The summed E-state index contributed by atoms with van der Waals surface area (Å²) in [7, 11) is 0. The molecule has 0 saturated carbocycles. The molecule has 0 aliphatic carbocycles. The lowest BCUT2D eigenvalue weighted by atomic mass is 10.1. The van der Waals surface area contributed by atoms with Crippen molar-refractivity contribution in [2.24, 2.45) is 0 Å². The van der Waals surface area contributed by atoms with E-state index in [2.05, 4.69) is 31.2 Å². The van der Waals surface area contributed by atoms with Crippen LogP contribution in [0.5, 0.6) is 5.75 Å². The van der Waals surface area contributed by atoms with Gasteiger partial charge in [0, 0.05) is 4.86 Å². The van der Waals surface area contributed by atoms with Crippen molar-refractivity contribution in [2.75, 3.05) is 6.61 Å². The Morgan fingerprint density at radius 1 is 1.00 bits per heavy atom. The van der Waals surface area contributed by atoms with Crippen molar-refractivity contribution in [3.8, 4) is 5.75 Å². The van der Waals surface area contributed by atoms with Crippen LogP contribution in [0, 0.1) is 0 Å². The normalized spacial score (nSPS) is 10.8. The maximum atomic E-state index is 5.48. The van der Waals surface area contributed by atoms with Gasteiger partial charge in [0.2, 0.25) is 0 Å². The Kier molecular flexibility index (Phi) is 6.35. The minimum atomic E-state index is 0.688. The summed E-state index contributed by atoms with van der Waals surface area (Å²) >= 11 is 5.48. The number of ether oxygens (including phenoxy) is 1. The van der Waals surface area contributed by atoms with Crippen LogP contribution in [0.15, 0.2) is 54.6 Å². The van der Waals surface area contributed by atoms with Crippen molar-refractivity contribution >= 4 is 23.2 Å². The van der Waals surface area contributed by atoms with Gasteiger partial charge in [-0.15, -0.1) is 0 Å². The predicted octanol–water partition coefficient (Wildman–Crippen LogP) is 5.47. The zero-order valence-corrected chi connectivity index (χ0v) is 14.0. The Labute approximate surface area is 138 Å². The highest BCUT2D eigenvalue weighted by atomic mass is 32.1. The SMILES string of the molecule is CCCc1ccc(C(=S)C=Cc2ccc(OCC)cc2)cc1. The molecule has 0 atom stereocenters. The lowest BCUT2D eigenvalue weighted by Crippen LogP contribution is -1.93. The second kappa shape index (κ2) is 8.50. The summed E-state index contributed by atoms with van der Waals surface area (Å²) in [6, 6.07) is 16.6. The Balaban J connectivity index is 2.00. The molecule has 2 heteroatoms. The molecule has 0 fully saturated rings. The zero-order valence-electron chi connectivity index (χ0n) is 13.2. The van der Waals surface area contributed by atoms with E-state index in [0.29, 0.717) is 6.61 Å². The summed E-state index contributed by atoms with van der Waals surface area (Å²) in [5.74, 6) is 0.897. The topological polar surface area (TPSA) is 9.23 Å². The number of rotatable bonds is 7. The third kappa shape index (κ3) is 4.81. The molecule has 0 bridgehead atoms. The molecule has 0 saturated heterocycles. The largest absolute Gasteiger partial charge is 0.494 e. The first-order chi connectivity index (χ1) is 10.7. The molecule has 0 unspecified atom stereocenters. The van der Waals surface area contributed by atoms with Crippen LogP contribution < -0.4 is 4.74 Å². The Morgan fingerprint density at radius 3 is 2.27 bits per heavy atom. The molecule has 2 aromatic carbocycles. The van der Waals surface area contributed by atoms with Crippen LogP contribution in [0.4, 0.5) is 0 Å². The van der Waals surface area contributed by atoms with E-state index >= 15 is 0 Å². The molecule has 0 aliphatic heterocycles. The van der Waals surface area contributed by atoms with E-state index in [-0.39, 0.29) is 0 Å². The van der Waals surface area contributed by atoms with E-state index in [1.807, 2.05) is 43.3 Å². The molecule has 0 aromatic heterocycles. The van der Waals surface area contributed by atoms with Crippen LogP contribution in [0.25, 0.3) is 6.08 Å². The molecule has 2 aromatic rings. The van der Waals surface area contributed by atoms with Gasteiger partial charge in [0.05, 0.1) is 6.61 Å². The molecule has 0 amide bonds. The van der Waals surface area contributed by atoms with E-state index in [1.165, 1.54) is 12.0 Å². The van der Waals surface area contributed by atoms with Gasteiger partial charge < -0.3 is 4.74 Å². The van der Waals surface area contributed by atoms with Crippen molar-refractivity contribution in [3.05, 3.63) is 71.3 Å². The van der Waals surface area contributed by atoms with Crippen LogP contribution in [0.1, 0.15) is 37.0 Å². The first-order valence-corrected chi connectivity index (χ1v) is 8.18. The predicted molar refractivity (Wildman–Crippen MR) is 98.8 cm³/mol. The molecule has 1 nitrogen and oxygen atoms in total. The fraction of sp³-hybridized carbons (Fsp3) is 0.250. The molecule has 22 heavy (non-hydrogen) atoms. The number of allylic oxidation sites excluding steroid dienone is 1. The Bertz CT molecular complexity index is 624. The van der Waals surface area contributed by atoms with Crippen LogP contribution in [0.3, 0.4) is 0 Å². The molecule has 0 aliphatic rings. The summed E-state index contributed by atoms with van der Waals surface area (Å²) in [6.07, 6.45) is 6.31. The minimum absolute atomic E-state index is 0.688. The molecular formula is C20H22OS. The number of benzene rings is 2. The Hall–Kier alpha value is -1.93. The number of hydrogen-bond acceptors (Lipinski definition) is 2. The van der Waals surface area contributed by atoms with Gasteiger partial charge in [-0.25, -0.2) is 0 Å². The monoisotopic (exact) mass is 310 g/mol. The van der Waals surface area contributed by atoms with E-state index in [1.54, 1.807) is 0 Å². The van der Waals surface area contributed by atoms with Crippen LogP contribution in [-0.2, 0) is 6.42 Å². The van der Waals surface area contributed by atoms with Crippen molar-refractivity contribution in [3.63, 3.8) is 0 Å². The van der Waals surface area contributed by atoms with E-state index in [4.69, 9.17) is 17.0 Å². The standard InChI is InChI=1S/C20H22OS/c1-3-5-16-6-11-18(12-7-16)20(22)15-10-17-8-13-19(14-9-17)21-4-2/h6-15H,3-5H2,1-2H3. The molecule has 0 heterocycles. The van der Waals surface area contributed by atoms with Gasteiger partial charge >= 0.3 is 0 Å². The minimum Gasteiger partial charge on any atom is -0.494 e. The quantitative estimate of drug-likeness (QED) is 0.381. The molecular weight excluding hydrogens is 288 g/mol. The maximum Gasteiger partial charge on any atom is 0.119 e. The summed E-state index contributed by atoms with van der Waals surface area (Å²) < 4.78 is 5.44. The van der Waals surface area contributed by atoms with Crippen molar-refractivity contribution in [1.29, 1.82) is 0 Å². The fourth-order valence-corrected chi connectivity index (χ4v) is 2.44. The van der Waals surface area contributed by atoms with Gasteiger partial charge in [-0.1, -0.05) is 68.0 Å². The highest BCUT2D eigenvalue weighted by Crippen LogP contribution is 2.14. The second-order valence-corrected chi connectivity index (χ2v) is 5.59. The number of thiocarbonyl (C=S) groups is 1. The molecule has 114 valence electrons. The van der Waals surface area contributed by atoms with Crippen LogP contribution >= 0.6 is 12.2 Å². The van der Waals surface area contributed by atoms with Crippen molar-refractivity contribution < 1.29 is 4.74 Å². The maximum absolute atomic E-state index is 5.48. The number of aryl methyl sites for hydroxylation is 1. The average molecular weight is 310 g/mol. The third-order valence-corrected chi connectivity index (χ3v) is 3.77. The van der Waals surface area contributed by atoms with Gasteiger partial charge in [0.25, 0.3) is 0 Å². The lowest BCUT2D eigenvalue weighted by Gasteiger charge is -2.03. The second-order valence-electron chi connectivity index (χ2n) is 5.15. The summed E-state index contributed by atoms with van der Waals surface area (Å²) in [4.78, 5) is 0.858. The molecule has 0 radical (unpaired) electrons. The van der Waals surface area contributed by atoms with E-state index < -0.39 is 0 Å². The van der Waals surface area contributed by atoms with E-state index in [9.17, 15) is 0 Å². The van der Waals surface area contributed by atoms with Crippen LogP contribution in [0.2, 0.25) is 0 Å². The van der Waals surface area contributed by atoms with Gasteiger partial charge in [-0.3, -0.25) is 0 Å². The van der Waals surface area contributed by atoms with Gasteiger partial charge in [0.15, 0.2) is 0 Å². The fourth-order valence-electron chi connectivity index (χ4n) is 2.23. The smallest absolute Gasteiger partial charge is 0.119 e. The zero-order chi connectivity index (χ0) is 15.8. The summed E-state index contributed by atoms with van der Waals surface area (Å²) in [5.41, 5.74) is 3.58. The number of hydrogen-bond donors (Lipinski definition) is 0. The van der Waals surface area contributed by atoms with Crippen LogP contribution in [-0.4, -0.2) is 11.5 Å². The van der Waals surface area contributed by atoms with Gasteiger partial charge in [-0.05, 0) is 48.2 Å². The summed E-state index contributed by atoms with van der Waals surface area (Å²) in [6.45, 7) is 4.86. The third-order valence-electron chi connectivity index (χ3n) is 3.40. The summed E-state index contributed by atoms with van der Waals surface area (Å²) in [5, 5.41) is 0. The average Bonchev–Trinajstić information content (AvgIpc) is 2.55. The highest BCUT2D eigenvalue weighted by Gasteiger charge is 1.98. The van der Waals surface area contributed by atoms with Gasteiger partial charge in [0.1, 0.15) is 5.75 Å². The lowest BCUT2D eigenvalue weighted by molar-refractivity contribution is 0.340. The molecule has 0 N–H and O–H groups in total. The molecule has 0 spiro atoms. The Morgan fingerprint density at radius 2 is 1.68 bits per heavy atom. The first kappa shape index (κ1) is 16.4. The molecule has 2 rings (SSSR count). The van der Waals surface area contributed by atoms with Gasteiger partial charge in [-0.2, -0.15) is 0 Å². The van der Waals surface area contributed by atoms with E-state index in [0.717, 1.165) is 28.2 Å². The van der Waals surface area contributed by atoms with Crippen molar-refractivity contribution in [1.82, 2.24) is 0 Å².